The number of urea groups is 1. The molecule has 1 aromatic carbocycles. The summed E-state index contributed by atoms with van der Waals surface area (Å²) in [6, 6.07) is 4.66. The van der Waals surface area contributed by atoms with Gasteiger partial charge in [-0.25, -0.2) is 4.79 Å². The van der Waals surface area contributed by atoms with Crippen molar-refractivity contribution in [3.63, 3.8) is 0 Å². The lowest BCUT2D eigenvalue weighted by Gasteiger charge is -2.19. The second-order valence-electron chi connectivity index (χ2n) is 5.42. The summed E-state index contributed by atoms with van der Waals surface area (Å²) < 4.78 is 10.4. The van der Waals surface area contributed by atoms with Gasteiger partial charge in [-0.1, -0.05) is 0 Å². The number of amides is 3. The van der Waals surface area contributed by atoms with Gasteiger partial charge >= 0.3 is 6.03 Å². The normalized spacial score (nSPS) is 16.9. The maximum Gasteiger partial charge on any atom is 0.315 e. The molecule has 8 heteroatoms. The van der Waals surface area contributed by atoms with Crippen LogP contribution < -0.4 is 25.0 Å². The molecule has 24 heavy (non-hydrogen) atoms. The number of nitrogens with one attached hydrogen (secondary N) is 2. The molecule has 0 aliphatic carbocycles. The standard InChI is InChI=1S/C16H23N3O5/c1-23-13-5-4-12(9-14(13)24-2)19-10-11(8-15(19)21)18-16(22)17-6-3-7-20/h4-5,9,11,20H,3,6-8,10H2,1-2H3,(H2,17,18,22). The number of methoxy groups -OCH3 is 2. The van der Waals surface area contributed by atoms with Crippen LogP contribution in [0.4, 0.5) is 10.5 Å². The fourth-order valence-electron chi connectivity index (χ4n) is 2.56. The van der Waals surface area contributed by atoms with Gasteiger partial charge in [0.15, 0.2) is 11.5 Å². The highest BCUT2D eigenvalue weighted by atomic mass is 16.5. The van der Waals surface area contributed by atoms with Crippen molar-refractivity contribution in [1.29, 1.82) is 0 Å². The number of aliphatic hydroxyl groups is 1. The molecule has 1 unspecified atom stereocenters. The van der Waals surface area contributed by atoms with Crippen LogP contribution in [0.1, 0.15) is 12.8 Å². The first-order valence-electron chi connectivity index (χ1n) is 7.76. The van der Waals surface area contributed by atoms with Gasteiger partial charge in [-0.2, -0.15) is 0 Å². The second kappa shape index (κ2) is 8.39. The Balaban J connectivity index is 1.98. The molecule has 2 rings (SSSR count). The van der Waals surface area contributed by atoms with Crippen molar-refractivity contribution in [3.8, 4) is 11.5 Å². The lowest BCUT2D eigenvalue weighted by Crippen LogP contribution is -2.43. The van der Waals surface area contributed by atoms with Crippen LogP contribution in [0.5, 0.6) is 11.5 Å². The number of aliphatic hydroxyl groups excluding tert-OH is 1. The van der Waals surface area contributed by atoms with E-state index in [2.05, 4.69) is 10.6 Å². The predicted molar refractivity (Wildman–Crippen MR) is 88.5 cm³/mol. The van der Waals surface area contributed by atoms with Crippen molar-refractivity contribution in [3.05, 3.63) is 18.2 Å². The van der Waals surface area contributed by atoms with Crippen molar-refractivity contribution < 1.29 is 24.2 Å². The summed E-state index contributed by atoms with van der Waals surface area (Å²) in [7, 11) is 3.09. The summed E-state index contributed by atoms with van der Waals surface area (Å²) in [6.45, 7) is 0.805. The second-order valence-corrected chi connectivity index (χ2v) is 5.42. The van der Waals surface area contributed by atoms with E-state index in [-0.39, 0.29) is 31.0 Å². The predicted octanol–water partition coefficient (Wildman–Crippen LogP) is 0.491. The summed E-state index contributed by atoms with van der Waals surface area (Å²) in [4.78, 5) is 25.6. The lowest BCUT2D eigenvalue weighted by atomic mass is 10.2. The lowest BCUT2D eigenvalue weighted by molar-refractivity contribution is -0.117. The molecule has 3 N–H and O–H groups in total. The molecule has 1 aliphatic rings. The third-order valence-electron chi connectivity index (χ3n) is 3.76. The summed E-state index contributed by atoms with van der Waals surface area (Å²) in [5, 5.41) is 14.1. The summed E-state index contributed by atoms with van der Waals surface area (Å²) >= 11 is 0. The van der Waals surface area contributed by atoms with Crippen molar-refractivity contribution >= 4 is 17.6 Å². The Hall–Kier alpha value is -2.48. The third kappa shape index (κ3) is 4.29. The minimum Gasteiger partial charge on any atom is -0.493 e. The molecule has 1 aliphatic heterocycles. The van der Waals surface area contributed by atoms with E-state index < -0.39 is 0 Å². The largest absolute Gasteiger partial charge is 0.493 e. The fourth-order valence-corrected chi connectivity index (χ4v) is 2.56. The first-order valence-corrected chi connectivity index (χ1v) is 7.76. The van der Waals surface area contributed by atoms with E-state index in [1.165, 1.54) is 7.11 Å². The molecule has 0 radical (unpaired) electrons. The number of hydrogen-bond acceptors (Lipinski definition) is 5. The number of anilines is 1. The molecule has 8 nitrogen and oxygen atoms in total. The van der Waals surface area contributed by atoms with Crippen molar-refractivity contribution in [2.75, 3.05) is 38.8 Å². The van der Waals surface area contributed by atoms with E-state index >= 15 is 0 Å². The monoisotopic (exact) mass is 337 g/mol. The number of carbonyl (C=O) groups excluding carboxylic acids is 2. The fraction of sp³-hybridized carbons (Fsp3) is 0.500. The number of carbonyl (C=O) groups is 2. The SMILES string of the molecule is COc1ccc(N2CC(NC(=O)NCCCO)CC2=O)cc1OC. The Morgan fingerprint density at radius 1 is 1.33 bits per heavy atom. The maximum atomic E-state index is 12.2. The molecule has 1 saturated heterocycles. The molecule has 0 bridgehead atoms. The van der Waals surface area contributed by atoms with Gasteiger partial charge in [-0.15, -0.1) is 0 Å². The van der Waals surface area contributed by atoms with Crippen LogP contribution in [0, 0.1) is 0 Å². The Morgan fingerprint density at radius 3 is 2.75 bits per heavy atom. The Morgan fingerprint density at radius 2 is 2.08 bits per heavy atom. The van der Waals surface area contributed by atoms with Gasteiger partial charge in [0.25, 0.3) is 0 Å². The van der Waals surface area contributed by atoms with Crippen LogP contribution in [-0.4, -0.2) is 57.0 Å². The molecular formula is C16H23N3O5. The number of hydrogen-bond donors (Lipinski definition) is 3. The zero-order chi connectivity index (χ0) is 17.5. The molecule has 1 heterocycles. The van der Waals surface area contributed by atoms with Gasteiger partial charge in [0.1, 0.15) is 0 Å². The maximum absolute atomic E-state index is 12.2. The van der Waals surface area contributed by atoms with Gasteiger partial charge in [-0.05, 0) is 18.6 Å². The number of nitrogens with zero attached hydrogens (tertiary/aromatic N) is 1. The summed E-state index contributed by atoms with van der Waals surface area (Å²) in [6.07, 6.45) is 0.733. The quantitative estimate of drug-likeness (QED) is 0.629. The average molecular weight is 337 g/mol. The molecular weight excluding hydrogens is 314 g/mol. The minimum atomic E-state index is -0.338. The van der Waals surface area contributed by atoms with Crippen molar-refractivity contribution in [2.24, 2.45) is 0 Å². The van der Waals surface area contributed by atoms with Crippen LogP contribution in [-0.2, 0) is 4.79 Å². The molecule has 132 valence electrons. The van der Waals surface area contributed by atoms with E-state index in [9.17, 15) is 9.59 Å². The number of ether oxygens (including phenoxy) is 2. The Kier molecular flexibility index (Phi) is 6.25. The molecule has 1 aromatic rings. The first-order chi connectivity index (χ1) is 11.6. The summed E-state index contributed by atoms with van der Waals surface area (Å²) in [5.74, 6) is 1.06. The van der Waals surface area contributed by atoms with Crippen LogP contribution >= 0.6 is 0 Å². The Bertz CT molecular complexity index is 593. The molecule has 0 saturated carbocycles. The van der Waals surface area contributed by atoms with E-state index in [4.69, 9.17) is 14.6 Å². The molecule has 0 spiro atoms. The van der Waals surface area contributed by atoms with E-state index in [0.29, 0.717) is 36.7 Å². The first kappa shape index (κ1) is 17.9. The van der Waals surface area contributed by atoms with Crippen LogP contribution in [0.3, 0.4) is 0 Å². The topological polar surface area (TPSA) is 100 Å². The smallest absolute Gasteiger partial charge is 0.315 e. The van der Waals surface area contributed by atoms with Crippen molar-refractivity contribution in [2.45, 2.75) is 18.9 Å². The van der Waals surface area contributed by atoms with Crippen LogP contribution in [0.25, 0.3) is 0 Å². The van der Waals surface area contributed by atoms with Crippen LogP contribution in [0.2, 0.25) is 0 Å². The molecule has 0 aromatic heterocycles. The average Bonchev–Trinajstić information content (AvgIpc) is 2.94. The van der Waals surface area contributed by atoms with Gasteiger partial charge in [0.05, 0.1) is 20.3 Å². The van der Waals surface area contributed by atoms with Gasteiger partial charge in [0, 0.05) is 37.9 Å². The number of rotatable bonds is 7. The highest BCUT2D eigenvalue weighted by Gasteiger charge is 2.32. The van der Waals surface area contributed by atoms with E-state index in [1.807, 2.05) is 0 Å². The van der Waals surface area contributed by atoms with Gasteiger partial charge < -0.3 is 30.1 Å². The molecule has 1 fully saturated rings. The van der Waals surface area contributed by atoms with Crippen molar-refractivity contribution in [1.82, 2.24) is 10.6 Å². The highest BCUT2D eigenvalue weighted by molar-refractivity contribution is 5.97. The number of benzene rings is 1. The third-order valence-corrected chi connectivity index (χ3v) is 3.76. The summed E-state index contributed by atoms with van der Waals surface area (Å²) in [5.41, 5.74) is 0.697. The highest BCUT2D eigenvalue weighted by Crippen LogP contribution is 2.33. The molecule has 3 amide bonds. The van der Waals surface area contributed by atoms with Gasteiger partial charge in [-0.3, -0.25) is 4.79 Å². The zero-order valence-electron chi connectivity index (χ0n) is 13.9. The van der Waals surface area contributed by atoms with Crippen LogP contribution in [0.15, 0.2) is 18.2 Å². The Labute approximate surface area is 140 Å². The van der Waals surface area contributed by atoms with Gasteiger partial charge in [0.2, 0.25) is 5.91 Å². The minimum absolute atomic E-state index is 0.0231. The van der Waals surface area contributed by atoms with E-state index in [1.54, 1.807) is 30.2 Å². The zero-order valence-corrected chi connectivity index (χ0v) is 13.9. The molecule has 1 atom stereocenters. The van der Waals surface area contributed by atoms with E-state index in [0.717, 1.165) is 0 Å².